The van der Waals surface area contributed by atoms with Crippen LogP contribution in [-0.4, -0.2) is 12.1 Å². The third-order valence-corrected chi connectivity index (χ3v) is 3.39. The Morgan fingerprint density at radius 2 is 2.18 bits per heavy atom. The molecule has 0 atom stereocenters. The molecule has 0 radical (unpaired) electrons. The van der Waals surface area contributed by atoms with Gasteiger partial charge in [0.2, 0.25) is 0 Å². The van der Waals surface area contributed by atoms with Crippen molar-refractivity contribution in [2.24, 2.45) is 5.73 Å². The molecule has 0 saturated heterocycles. The Morgan fingerprint density at radius 3 is 2.94 bits per heavy atom. The minimum Gasteiger partial charge on any atom is -0.497 e. The van der Waals surface area contributed by atoms with Crippen LogP contribution in [0.15, 0.2) is 52.4 Å². The molecule has 0 fully saturated rings. The van der Waals surface area contributed by atoms with Crippen molar-refractivity contribution in [1.29, 1.82) is 0 Å². The van der Waals surface area contributed by atoms with E-state index in [4.69, 9.17) is 10.5 Å². The lowest BCUT2D eigenvalue weighted by atomic mass is 10.3. The Balaban J connectivity index is 2.24. The maximum absolute atomic E-state index is 5.66. The van der Waals surface area contributed by atoms with E-state index in [0.29, 0.717) is 6.54 Å². The zero-order chi connectivity index (χ0) is 12.1. The summed E-state index contributed by atoms with van der Waals surface area (Å²) in [7, 11) is 1.67. The second-order valence-corrected chi connectivity index (χ2v) is 4.55. The van der Waals surface area contributed by atoms with E-state index >= 15 is 0 Å². The highest BCUT2D eigenvalue weighted by Crippen LogP contribution is 2.31. The van der Waals surface area contributed by atoms with E-state index in [1.807, 2.05) is 36.4 Å². The quantitative estimate of drug-likeness (QED) is 0.901. The highest BCUT2D eigenvalue weighted by Gasteiger charge is 2.04. The second kappa shape index (κ2) is 5.70. The molecule has 0 bridgehead atoms. The first kappa shape index (κ1) is 12.0. The summed E-state index contributed by atoms with van der Waals surface area (Å²) in [5.74, 6) is 0.855. The van der Waals surface area contributed by atoms with Gasteiger partial charge in [-0.05, 0) is 30.3 Å². The molecule has 1 aromatic carbocycles. The molecular weight excluding hydrogens is 232 g/mol. The molecule has 1 heterocycles. The zero-order valence-corrected chi connectivity index (χ0v) is 10.4. The largest absolute Gasteiger partial charge is 0.497 e. The minimum atomic E-state index is 0.452. The van der Waals surface area contributed by atoms with Crippen molar-refractivity contribution >= 4 is 11.8 Å². The van der Waals surface area contributed by atoms with Crippen LogP contribution in [0.3, 0.4) is 0 Å². The molecule has 0 spiro atoms. The highest BCUT2D eigenvalue weighted by atomic mass is 32.2. The van der Waals surface area contributed by atoms with Crippen molar-refractivity contribution < 1.29 is 4.74 Å². The van der Waals surface area contributed by atoms with E-state index < -0.39 is 0 Å². The van der Waals surface area contributed by atoms with Crippen molar-refractivity contribution in [3.63, 3.8) is 0 Å². The number of methoxy groups -OCH3 is 1. The van der Waals surface area contributed by atoms with Crippen molar-refractivity contribution in [3.8, 4) is 5.75 Å². The summed E-state index contributed by atoms with van der Waals surface area (Å²) in [5.41, 5.74) is 6.58. The molecule has 1 aromatic heterocycles. The van der Waals surface area contributed by atoms with Gasteiger partial charge in [0.1, 0.15) is 5.75 Å². The first-order valence-electron chi connectivity index (χ1n) is 5.29. The molecule has 3 nitrogen and oxygen atoms in total. The SMILES string of the molecule is COc1cccc(Sc2cccnc2CN)c1. The van der Waals surface area contributed by atoms with E-state index in [9.17, 15) is 0 Å². The molecule has 17 heavy (non-hydrogen) atoms. The van der Waals surface area contributed by atoms with Crippen LogP contribution in [0.5, 0.6) is 5.75 Å². The van der Waals surface area contributed by atoms with Crippen molar-refractivity contribution in [1.82, 2.24) is 4.98 Å². The van der Waals surface area contributed by atoms with Crippen molar-refractivity contribution in [3.05, 3.63) is 48.3 Å². The smallest absolute Gasteiger partial charge is 0.119 e. The van der Waals surface area contributed by atoms with Gasteiger partial charge in [0.05, 0.1) is 12.8 Å². The predicted octanol–water partition coefficient (Wildman–Crippen LogP) is 2.70. The summed E-state index contributed by atoms with van der Waals surface area (Å²) in [6.07, 6.45) is 1.76. The lowest BCUT2D eigenvalue weighted by Crippen LogP contribution is -2.00. The highest BCUT2D eigenvalue weighted by molar-refractivity contribution is 7.99. The van der Waals surface area contributed by atoms with Gasteiger partial charge >= 0.3 is 0 Å². The number of hydrogen-bond acceptors (Lipinski definition) is 4. The van der Waals surface area contributed by atoms with E-state index in [1.54, 1.807) is 25.1 Å². The Kier molecular flexibility index (Phi) is 4.01. The number of benzene rings is 1. The zero-order valence-electron chi connectivity index (χ0n) is 9.59. The number of nitrogens with two attached hydrogens (primary N) is 1. The predicted molar refractivity (Wildman–Crippen MR) is 69.2 cm³/mol. The van der Waals surface area contributed by atoms with E-state index in [2.05, 4.69) is 4.98 Å². The fraction of sp³-hybridized carbons (Fsp3) is 0.154. The van der Waals surface area contributed by atoms with Gasteiger partial charge in [-0.25, -0.2) is 0 Å². The van der Waals surface area contributed by atoms with Crippen LogP contribution in [-0.2, 0) is 6.54 Å². The maximum Gasteiger partial charge on any atom is 0.119 e. The van der Waals surface area contributed by atoms with Crippen LogP contribution < -0.4 is 10.5 Å². The summed E-state index contributed by atoms with van der Waals surface area (Å²) in [6.45, 7) is 0.452. The van der Waals surface area contributed by atoms with Crippen LogP contribution in [0, 0.1) is 0 Å². The first-order chi connectivity index (χ1) is 8.33. The molecule has 0 aliphatic carbocycles. The normalized spacial score (nSPS) is 10.2. The summed E-state index contributed by atoms with van der Waals surface area (Å²) >= 11 is 1.65. The maximum atomic E-state index is 5.66. The minimum absolute atomic E-state index is 0.452. The molecule has 2 rings (SSSR count). The van der Waals surface area contributed by atoms with Gasteiger partial charge in [0.15, 0.2) is 0 Å². The Morgan fingerprint density at radius 1 is 1.29 bits per heavy atom. The van der Waals surface area contributed by atoms with E-state index in [-0.39, 0.29) is 0 Å². The Bertz CT molecular complexity index is 502. The van der Waals surface area contributed by atoms with Crippen molar-refractivity contribution in [2.45, 2.75) is 16.3 Å². The fourth-order valence-electron chi connectivity index (χ4n) is 1.46. The molecule has 2 aromatic rings. The summed E-state index contributed by atoms with van der Waals surface area (Å²) in [4.78, 5) is 6.46. The second-order valence-electron chi connectivity index (χ2n) is 3.43. The molecule has 2 N–H and O–H groups in total. The first-order valence-corrected chi connectivity index (χ1v) is 6.11. The van der Waals surface area contributed by atoms with Crippen LogP contribution in [0.25, 0.3) is 0 Å². The molecule has 0 aliphatic heterocycles. The van der Waals surface area contributed by atoms with Gasteiger partial charge in [-0.15, -0.1) is 0 Å². The number of ether oxygens (including phenoxy) is 1. The number of nitrogens with zero attached hydrogens (tertiary/aromatic N) is 1. The molecule has 0 aliphatic rings. The monoisotopic (exact) mass is 246 g/mol. The molecule has 0 unspecified atom stereocenters. The fourth-order valence-corrected chi connectivity index (χ4v) is 2.44. The van der Waals surface area contributed by atoms with Crippen LogP contribution >= 0.6 is 11.8 Å². The van der Waals surface area contributed by atoms with Crippen LogP contribution in [0.2, 0.25) is 0 Å². The van der Waals surface area contributed by atoms with E-state index in [0.717, 1.165) is 21.2 Å². The Labute approximate surface area is 105 Å². The molecule has 0 saturated carbocycles. The van der Waals surface area contributed by atoms with E-state index in [1.165, 1.54) is 0 Å². The van der Waals surface area contributed by atoms with Gasteiger partial charge < -0.3 is 10.5 Å². The number of aromatic nitrogens is 1. The van der Waals surface area contributed by atoms with Gasteiger partial charge in [-0.1, -0.05) is 17.8 Å². The average molecular weight is 246 g/mol. The van der Waals surface area contributed by atoms with Gasteiger partial charge in [0.25, 0.3) is 0 Å². The summed E-state index contributed by atoms with van der Waals surface area (Å²) in [5, 5.41) is 0. The molecule has 88 valence electrons. The van der Waals surface area contributed by atoms with Gasteiger partial charge in [0, 0.05) is 22.5 Å². The third kappa shape index (κ3) is 2.99. The van der Waals surface area contributed by atoms with Gasteiger partial charge in [-0.3, -0.25) is 4.98 Å². The average Bonchev–Trinajstić information content (AvgIpc) is 2.39. The summed E-state index contributed by atoms with van der Waals surface area (Å²) < 4.78 is 5.20. The number of hydrogen-bond donors (Lipinski definition) is 1. The topological polar surface area (TPSA) is 48.1 Å². The van der Waals surface area contributed by atoms with Crippen molar-refractivity contribution in [2.75, 3.05) is 7.11 Å². The molecule has 0 amide bonds. The number of pyridine rings is 1. The number of rotatable bonds is 4. The Hall–Kier alpha value is -1.52. The lowest BCUT2D eigenvalue weighted by Gasteiger charge is -2.07. The van der Waals surface area contributed by atoms with Crippen LogP contribution in [0.1, 0.15) is 5.69 Å². The lowest BCUT2D eigenvalue weighted by molar-refractivity contribution is 0.413. The summed E-state index contributed by atoms with van der Waals surface area (Å²) in [6, 6.07) is 11.9. The standard InChI is InChI=1S/C13H14N2OS/c1-16-10-4-2-5-11(8-10)17-13-6-3-7-15-12(13)9-14/h2-8H,9,14H2,1H3. The van der Waals surface area contributed by atoms with Crippen LogP contribution in [0.4, 0.5) is 0 Å². The molecule has 4 heteroatoms. The third-order valence-electron chi connectivity index (χ3n) is 2.31. The molecular formula is C13H14N2OS. The van der Waals surface area contributed by atoms with Gasteiger partial charge in [-0.2, -0.15) is 0 Å².